The fourth-order valence-corrected chi connectivity index (χ4v) is 4.30. The van der Waals surface area contributed by atoms with E-state index in [1.54, 1.807) is 30.5 Å². The Morgan fingerprint density at radius 1 is 1.10 bits per heavy atom. The summed E-state index contributed by atoms with van der Waals surface area (Å²) in [6.45, 7) is 3.01. The van der Waals surface area contributed by atoms with E-state index in [9.17, 15) is 9.59 Å². The number of piperazine rings is 1. The summed E-state index contributed by atoms with van der Waals surface area (Å²) in [6, 6.07) is 9.08. The highest BCUT2D eigenvalue weighted by atomic mass is 16.5. The quantitative estimate of drug-likeness (QED) is 0.733. The molecule has 1 aromatic carbocycles. The highest BCUT2D eigenvalue weighted by Gasteiger charge is 2.35. The minimum absolute atomic E-state index is 0.0479. The fraction of sp³-hybridized carbons (Fsp3) is 0.478. The Labute approximate surface area is 182 Å². The number of methoxy groups -OCH3 is 1. The number of aromatic nitrogens is 2. The standard InChI is InChI=1S/C23H29N5O3/c1-31-19-7-4-6-18(16-19)17-28-20(8-2-3-9-21(28)29)22(30)26-12-14-27(15-13-26)23-24-10-5-11-25-23/h4-7,10-11,16,20H,2-3,8-9,12-15,17H2,1H3/t20-/m0/s1. The van der Waals surface area contributed by atoms with Crippen LogP contribution < -0.4 is 9.64 Å². The average Bonchev–Trinajstić information content (AvgIpc) is 3.01. The fourth-order valence-electron chi connectivity index (χ4n) is 4.30. The van der Waals surface area contributed by atoms with Crippen LogP contribution in [0.5, 0.6) is 5.75 Å². The molecule has 2 saturated heterocycles. The lowest BCUT2D eigenvalue weighted by Crippen LogP contribution is -2.55. The molecule has 31 heavy (non-hydrogen) atoms. The van der Waals surface area contributed by atoms with Gasteiger partial charge in [0.25, 0.3) is 0 Å². The molecule has 0 N–H and O–H groups in total. The van der Waals surface area contributed by atoms with Gasteiger partial charge in [0, 0.05) is 51.5 Å². The van der Waals surface area contributed by atoms with Crippen molar-refractivity contribution in [2.75, 3.05) is 38.2 Å². The van der Waals surface area contributed by atoms with E-state index in [1.807, 2.05) is 29.2 Å². The summed E-state index contributed by atoms with van der Waals surface area (Å²) in [5, 5.41) is 0. The predicted molar refractivity (Wildman–Crippen MR) is 117 cm³/mol. The molecule has 2 fully saturated rings. The summed E-state index contributed by atoms with van der Waals surface area (Å²) in [7, 11) is 1.63. The zero-order valence-electron chi connectivity index (χ0n) is 17.9. The first kappa shape index (κ1) is 21.1. The Balaban J connectivity index is 1.46. The monoisotopic (exact) mass is 423 g/mol. The topological polar surface area (TPSA) is 78.9 Å². The van der Waals surface area contributed by atoms with Crippen LogP contribution in [-0.4, -0.2) is 70.9 Å². The molecular formula is C23H29N5O3. The number of carbonyl (C=O) groups excluding carboxylic acids is 2. The van der Waals surface area contributed by atoms with E-state index in [0.717, 1.165) is 24.2 Å². The predicted octanol–water partition coefficient (Wildman–Crippen LogP) is 2.11. The second-order valence-electron chi connectivity index (χ2n) is 8.00. The number of hydrogen-bond donors (Lipinski definition) is 0. The number of anilines is 1. The van der Waals surface area contributed by atoms with Crippen LogP contribution in [0.4, 0.5) is 5.95 Å². The minimum atomic E-state index is -0.416. The van der Waals surface area contributed by atoms with Gasteiger partial charge >= 0.3 is 0 Å². The first-order chi connectivity index (χ1) is 15.2. The number of rotatable bonds is 5. The van der Waals surface area contributed by atoms with Gasteiger partial charge in [-0.3, -0.25) is 9.59 Å². The maximum absolute atomic E-state index is 13.5. The first-order valence-electron chi connectivity index (χ1n) is 10.9. The molecule has 3 heterocycles. The van der Waals surface area contributed by atoms with Crippen molar-refractivity contribution in [3.8, 4) is 5.75 Å². The average molecular weight is 424 g/mol. The number of benzene rings is 1. The van der Waals surface area contributed by atoms with Crippen LogP contribution in [-0.2, 0) is 16.1 Å². The zero-order valence-corrected chi connectivity index (χ0v) is 17.9. The van der Waals surface area contributed by atoms with Gasteiger partial charge < -0.3 is 19.4 Å². The van der Waals surface area contributed by atoms with Crippen molar-refractivity contribution in [3.63, 3.8) is 0 Å². The van der Waals surface area contributed by atoms with Crippen LogP contribution in [0.15, 0.2) is 42.7 Å². The van der Waals surface area contributed by atoms with Crippen molar-refractivity contribution in [2.24, 2.45) is 0 Å². The van der Waals surface area contributed by atoms with Crippen molar-refractivity contribution in [3.05, 3.63) is 48.3 Å². The van der Waals surface area contributed by atoms with Crippen molar-refractivity contribution in [2.45, 2.75) is 38.3 Å². The van der Waals surface area contributed by atoms with Crippen molar-refractivity contribution in [1.29, 1.82) is 0 Å². The molecule has 164 valence electrons. The highest BCUT2D eigenvalue weighted by Crippen LogP contribution is 2.24. The number of likely N-dealkylation sites (tertiary alicyclic amines) is 1. The number of nitrogens with zero attached hydrogens (tertiary/aromatic N) is 5. The van der Waals surface area contributed by atoms with Gasteiger partial charge in [-0.2, -0.15) is 0 Å². The van der Waals surface area contributed by atoms with E-state index in [-0.39, 0.29) is 11.8 Å². The first-order valence-corrected chi connectivity index (χ1v) is 10.9. The summed E-state index contributed by atoms with van der Waals surface area (Å²) in [4.78, 5) is 40.8. The smallest absolute Gasteiger partial charge is 0.245 e. The third-order valence-corrected chi connectivity index (χ3v) is 6.01. The molecule has 1 aromatic heterocycles. The van der Waals surface area contributed by atoms with E-state index < -0.39 is 6.04 Å². The normalized spacial score (nSPS) is 19.8. The van der Waals surface area contributed by atoms with E-state index in [4.69, 9.17) is 4.74 Å². The Bertz CT molecular complexity index is 899. The van der Waals surface area contributed by atoms with Crippen molar-refractivity contribution >= 4 is 17.8 Å². The van der Waals surface area contributed by atoms with Crippen LogP contribution in [0.3, 0.4) is 0 Å². The van der Waals surface area contributed by atoms with Crippen LogP contribution >= 0.6 is 0 Å². The molecule has 2 aliphatic rings. The van der Waals surface area contributed by atoms with Gasteiger partial charge in [-0.15, -0.1) is 0 Å². The van der Waals surface area contributed by atoms with E-state index >= 15 is 0 Å². The molecular weight excluding hydrogens is 394 g/mol. The van der Waals surface area contributed by atoms with Crippen LogP contribution in [0.25, 0.3) is 0 Å². The molecule has 2 amide bonds. The van der Waals surface area contributed by atoms with Gasteiger partial charge in [0.05, 0.1) is 7.11 Å². The molecule has 8 nitrogen and oxygen atoms in total. The molecule has 0 spiro atoms. The van der Waals surface area contributed by atoms with Crippen LogP contribution in [0.1, 0.15) is 31.2 Å². The third kappa shape index (κ3) is 4.95. The molecule has 2 aromatic rings. The molecule has 0 radical (unpaired) electrons. The lowest BCUT2D eigenvalue weighted by Gasteiger charge is -2.38. The SMILES string of the molecule is COc1cccc(CN2C(=O)CCCC[C@H]2C(=O)N2CCN(c3ncccn3)CC2)c1. The molecule has 0 bridgehead atoms. The van der Waals surface area contributed by atoms with Crippen molar-refractivity contribution < 1.29 is 14.3 Å². The zero-order chi connectivity index (χ0) is 21.6. The van der Waals surface area contributed by atoms with Gasteiger partial charge in [-0.25, -0.2) is 9.97 Å². The molecule has 0 saturated carbocycles. The van der Waals surface area contributed by atoms with Gasteiger partial charge in [0.2, 0.25) is 17.8 Å². The van der Waals surface area contributed by atoms with Gasteiger partial charge in [0.1, 0.15) is 11.8 Å². The Morgan fingerprint density at radius 2 is 1.87 bits per heavy atom. The molecule has 2 aliphatic heterocycles. The summed E-state index contributed by atoms with van der Waals surface area (Å²) in [5.41, 5.74) is 0.971. The Hall–Kier alpha value is -3.16. The Kier molecular flexibility index (Phi) is 6.64. The summed E-state index contributed by atoms with van der Waals surface area (Å²) < 4.78 is 5.32. The van der Waals surface area contributed by atoms with Crippen molar-refractivity contribution in [1.82, 2.24) is 19.8 Å². The van der Waals surface area contributed by atoms with E-state index in [1.165, 1.54) is 0 Å². The molecule has 0 aliphatic carbocycles. The second kappa shape index (κ2) is 9.76. The number of ether oxygens (including phenoxy) is 1. The van der Waals surface area contributed by atoms with Gasteiger partial charge in [-0.1, -0.05) is 18.6 Å². The van der Waals surface area contributed by atoms with E-state index in [0.29, 0.717) is 51.5 Å². The summed E-state index contributed by atoms with van der Waals surface area (Å²) >= 11 is 0. The van der Waals surface area contributed by atoms with Crippen LogP contribution in [0, 0.1) is 0 Å². The molecule has 0 unspecified atom stereocenters. The summed E-state index contributed by atoms with van der Waals surface area (Å²) in [5.74, 6) is 1.54. The lowest BCUT2D eigenvalue weighted by molar-refractivity contribution is -0.146. The maximum Gasteiger partial charge on any atom is 0.245 e. The molecule has 1 atom stereocenters. The minimum Gasteiger partial charge on any atom is -0.497 e. The van der Waals surface area contributed by atoms with Crippen LogP contribution in [0.2, 0.25) is 0 Å². The Morgan fingerprint density at radius 3 is 2.61 bits per heavy atom. The lowest BCUT2D eigenvalue weighted by atomic mass is 10.1. The molecule has 4 rings (SSSR count). The van der Waals surface area contributed by atoms with Gasteiger partial charge in [0.15, 0.2) is 0 Å². The third-order valence-electron chi connectivity index (χ3n) is 6.01. The molecule has 8 heteroatoms. The second-order valence-corrected chi connectivity index (χ2v) is 8.00. The number of carbonyl (C=O) groups is 2. The number of hydrogen-bond acceptors (Lipinski definition) is 6. The van der Waals surface area contributed by atoms with Gasteiger partial charge in [-0.05, 0) is 36.6 Å². The summed E-state index contributed by atoms with van der Waals surface area (Å²) in [6.07, 6.45) is 6.37. The largest absolute Gasteiger partial charge is 0.497 e. The van der Waals surface area contributed by atoms with E-state index in [2.05, 4.69) is 14.9 Å². The number of amides is 2. The highest BCUT2D eigenvalue weighted by molar-refractivity contribution is 5.88. The maximum atomic E-state index is 13.5.